The van der Waals surface area contributed by atoms with Crippen LogP contribution >= 0.6 is 0 Å². The van der Waals surface area contributed by atoms with Gasteiger partial charge in [-0.3, -0.25) is 14.4 Å². The van der Waals surface area contributed by atoms with E-state index in [1.165, 1.54) is 24.3 Å². The number of allylic oxidation sites excluding steroid dienone is 2. The summed E-state index contributed by atoms with van der Waals surface area (Å²) in [5.41, 5.74) is -0.249. The van der Waals surface area contributed by atoms with Crippen LogP contribution in [-0.4, -0.2) is 34.0 Å². The highest BCUT2D eigenvalue weighted by Crippen LogP contribution is 2.50. The molecule has 2 fully saturated rings. The fraction of sp³-hybridized carbons (Fsp3) is 0.389. The molecule has 1 aromatic carbocycles. The molecule has 136 valence electrons. The van der Waals surface area contributed by atoms with Crippen LogP contribution in [0.1, 0.15) is 23.2 Å². The lowest BCUT2D eigenvalue weighted by Crippen LogP contribution is -2.57. The lowest BCUT2D eigenvalue weighted by atomic mass is 9.63. The van der Waals surface area contributed by atoms with Crippen molar-refractivity contribution in [1.82, 2.24) is 10.0 Å². The van der Waals surface area contributed by atoms with E-state index in [9.17, 15) is 27.6 Å². The second-order valence-corrected chi connectivity index (χ2v) is 6.78. The van der Waals surface area contributed by atoms with E-state index >= 15 is 0 Å². The highest BCUT2D eigenvalue weighted by molar-refractivity contribution is 6.08. The molecule has 5 nitrogen and oxygen atoms in total. The molecule has 0 aromatic heterocycles. The van der Waals surface area contributed by atoms with E-state index < -0.39 is 40.9 Å². The molecule has 1 aliphatic heterocycles. The van der Waals surface area contributed by atoms with Crippen LogP contribution in [0.3, 0.4) is 0 Å². The van der Waals surface area contributed by atoms with Crippen LogP contribution in [0.5, 0.6) is 0 Å². The molecule has 1 heterocycles. The topological polar surface area (TPSA) is 57.7 Å². The molecule has 2 bridgehead atoms. The number of rotatable bonds is 2. The van der Waals surface area contributed by atoms with Gasteiger partial charge in [-0.25, -0.2) is 0 Å². The zero-order valence-corrected chi connectivity index (χ0v) is 13.5. The molecule has 8 heteroatoms. The van der Waals surface area contributed by atoms with E-state index in [1.807, 2.05) is 0 Å². The Morgan fingerprint density at radius 3 is 1.88 bits per heavy atom. The van der Waals surface area contributed by atoms with Crippen molar-refractivity contribution in [3.8, 4) is 0 Å². The van der Waals surface area contributed by atoms with Crippen molar-refractivity contribution in [1.29, 1.82) is 0 Å². The highest BCUT2D eigenvalue weighted by Gasteiger charge is 2.62. The summed E-state index contributed by atoms with van der Waals surface area (Å²) in [4.78, 5) is 38.0. The van der Waals surface area contributed by atoms with Crippen molar-refractivity contribution in [3.63, 3.8) is 0 Å². The van der Waals surface area contributed by atoms with Crippen molar-refractivity contribution in [3.05, 3.63) is 48.0 Å². The van der Waals surface area contributed by atoms with Gasteiger partial charge in [0, 0.05) is 5.56 Å². The summed E-state index contributed by atoms with van der Waals surface area (Å²) in [6.45, 7) is 0. The van der Waals surface area contributed by atoms with Gasteiger partial charge in [-0.2, -0.15) is 5.01 Å². The maximum Gasteiger partial charge on any atom is 0.506 e. The number of fused-ring (bicyclic) bond motifs is 1. The van der Waals surface area contributed by atoms with Gasteiger partial charge in [0.25, 0.3) is 17.7 Å². The Labute approximate surface area is 147 Å². The number of hydrogen-bond donors (Lipinski definition) is 0. The molecular weight excluding hydrogens is 349 g/mol. The minimum absolute atomic E-state index is 0.0307. The van der Waals surface area contributed by atoms with Crippen LogP contribution in [0.25, 0.3) is 0 Å². The van der Waals surface area contributed by atoms with Gasteiger partial charge >= 0.3 is 6.30 Å². The molecule has 0 radical (unpaired) electrons. The van der Waals surface area contributed by atoms with Gasteiger partial charge in [-0.1, -0.05) is 30.4 Å². The SMILES string of the molecule is O=C1C2C3C=CC(CC3)C2C(=O)N1N(C(=O)c1ccccc1)C(F)(F)F. The van der Waals surface area contributed by atoms with Gasteiger partial charge in [0.1, 0.15) is 0 Å². The minimum Gasteiger partial charge on any atom is -0.272 e. The largest absolute Gasteiger partial charge is 0.506 e. The monoisotopic (exact) mass is 364 g/mol. The predicted octanol–water partition coefficient (Wildman–Crippen LogP) is 2.76. The number of alkyl halides is 3. The Hall–Kier alpha value is -2.64. The van der Waals surface area contributed by atoms with Gasteiger partial charge in [-0.05, 0) is 36.8 Å². The van der Waals surface area contributed by atoms with Gasteiger partial charge in [0.2, 0.25) is 0 Å². The summed E-state index contributed by atoms with van der Waals surface area (Å²) in [5, 5.41) is -0.603. The molecule has 1 saturated carbocycles. The number of carbonyl (C=O) groups excluding carboxylic acids is 3. The van der Waals surface area contributed by atoms with E-state index in [4.69, 9.17) is 0 Å². The van der Waals surface area contributed by atoms with Gasteiger partial charge in [-0.15, -0.1) is 18.2 Å². The molecule has 4 unspecified atom stereocenters. The van der Waals surface area contributed by atoms with Crippen LogP contribution in [-0.2, 0) is 9.59 Å². The van der Waals surface area contributed by atoms with Crippen LogP contribution in [0.15, 0.2) is 42.5 Å². The van der Waals surface area contributed by atoms with E-state index in [1.54, 1.807) is 18.2 Å². The number of carbonyl (C=O) groups is 3. The van der Waals surface area contributed by atoms with Crippen LogP contribution in [0.2, 0.25) is 0 Å². The number of imide groups is 1. The van der Waals surface area contributed by atoms with E-state index in [2.05, 4.69) is 0 Å². The molecule has 26 heavy (non-hydrogen) atoms. The van der Waals surface area contributed by atoms with E-state index in [0.717, 1.165) is 0 Å². The fourth-order valence-corrected chi connectivity index (χ4v) is 4.28. The Morgan fingerprint density at radius 1 is 0.962 bits per heavy atom. The summed E-state index contributed by atoms with van der Waals surface area (Å²) < 4.78 is 41.1. The summed E-state index contributed by atoms with van der Waals surface area (Å²) in [6.07, 6.45) is -0.262. The number of benzene rings is 1. The molecule has 0 spiro atoms. The number of hydrogen-bond acceptors (Lipinski definition) is 3. The Kier molecular flexibility index (Phi) is 3.68. The Morgan fingerprint density at radius 2 is 1.46 bits per heavy atom. The summed E-state index contributed by atoms with van der Waals surface area (Å²) in [7, 11) is 0. The van der Waals surface area contributed by atoms with Crippen molar-refractivity contribution >= 4 is 17.7 Å². The maximum absolute atomic E-state index is 13.7. The normalized spacial score (nSPS) is 29.9. The summed E-state index contributed by atoms with van der Waals surface area (Å²) in [6, 6.07) is 6.81. The fourth-order valence-electron chi connectivity index (χ4n) is 4.28. The first-order chi connectivity index (χ1) is 12.3. The third-order valence-corrected chi connectivity index (χ3v) is 5.39. The second-order valence-electron chi connectivity index (χ2n) is 6.78. The number of hydrazine groups is 1. The first-order valence-corrected chi connectivity index (χ1v) is 8.33. The molecule has 3 aliphatic carbocycles. The third kappa shape index (κ3) is 2.35. The van der Waals surface area contributed by atoms with Gasteiger partial charge in [0.05, 0.1) is 11.8 Å². The second kappa shape index (κ2) is 5.69. The highest BCUT2D eigenvalue weighted by atomic mass is 19.4. The quantitative estimate of drug-likeness (QED) is 0.461. The first kappa shape index (κ1) is 16.8. The summed E-state index contributed by atoms with van der Waals surface area (Å²) >= 11 is 0. The average molecular weight is 364 g/mol. The zero-order chi connectivity index (χ0) is 18.6. The lowest BCUT2D eigenvalue weighted by molar-refractivity contribution is -0.275. The molecule has 5 rings (SSSR count). The molecule has 0 N–H and O–H groups in total. The van der Waals surface area contributed by atoms with Crippen LogP contribution in [0, 0.1) is 23.7 Å². The van der Waals surface area contributed by atoms with Gasteiger partial charge < -0.3 is 0 Å². The van der Waals surface area contributed by atoms with Gasteiger partial charge in [0.15, 0.2) is 0 Å². The van der Waals surface area contributed by atoms with E-state index in [0.29, 0.717) is 12.8 Å². The van der Waals surface area contributed by atoms with E-state index in [-0.39, 0.29) is 22.4 Å². The molecular formula is C18H15F3N2O3. The molecule has 1 aromatic rings. The van der Waals surface area contributed by atoms with Crippen molar-refractivity contribution in [2.75, 3.05) is 0 Å². The molecule has 4 atom stereocenters. The molecule has 1 saturated heterocycles. The number of nitrogens with zero attached hydrogens (tertiary/aromatic N) is 2. The Balaban J connectivity index is 1.74. The molecule has 4 aliphatic rings. The van der Waals surface area contributed by atoms with Crippen LogP contribution in [0.4, 0.5) is 13.2 Å². The van der Waals surface area contributed by atoms with Crippen molar-refractivity contribution in [2.24, 2.45) is 23.7 Å². The Bertz CT molecular complexity index is 774. The maximum atomic E-state index is 13.7. The van der Waals surface area contributed by atoms with Crippen molar-refractivity contribution < 1.29 is 27.6 Å². The number of amides is 3. The van der Waals surface area contributed by atoms with Crippen LogP contribution < -0.4 is 0 Å². The average Bonchev–Trinajstić information content (AvgIpc) is 2.90. The standard InChI is InChI=1S/C18H15F3N2O3/c19-18(20,21)23(15(24)12-4-2-1-3-5-12)22-16(25)13-10-6-7-11(9-8-10)14(13)17(22)26/h1-7,10-11,13-14H,8-9H2. The first-order valence-electron chi connectivity index (χ1n) is 8.33. The zero-order valence-electron chi connectivity index (χ0n) is 13.5. The number of halogens is 3. The third-order valence-electron chi connectivity index (χ3n) is 5.39. The minimum atomic E-state index is -5.20. The summed E-state index contributed by atoms with van der Waals surface area (Å²) in [5.74, 6) is -5.49. The smallest absolute Gasteiger partial charge is 0.272 e. The predicted molar refractivity (Wildman–Crippen MR) is 82.9 cm³/mol. The van der Waals surface area contributed by atoms with Crippen molar-refractivity contribution in [2.45, 2.75) is 19.1 Å². The lowest BCUT2D eigenvalue weighted by Gasteiger charge is -2.37. The molecule has 3 amide bonds.